The number of phenols is 2. The topological polar surface area (TPSA) is 66.8 Å². The highest BCUT2D eigenvalue weighted by Crippen LogP contribution is 2.38. The molecule has 120 valence electrons. The van der Waals surface area contributed by atoms with Crippen LogP contribution < -0.4 is 4.74 Å². The number of aryl methyl sites for hydroxylation is 1. The van der Waals surface area contributed by atoms with Gasteiger partial charge in [-0.3, -0.25) is 4.79 Å². The zero-order valence-corrected chi connectivity index (χ0v) is 13.1. The van der Waals surface area contributed by atoms with Crippen LogP contribution in [0.4, 0.5) is 0 Å². The Morgan fingerprint density at radius 3 is 2.25 bits per heavy atom. The number of hydrogen-bond acceptors (Lipinski definition) is 4. The Morgan fingerprint density at radius 1 is 0.917 bits per heavy atom. The van der Waals surface area contributed by atoms with E-state index in [4.69, 9.17) is 4.74 Å². The summed E-state index contributed by atoms with van der Waals surface area (Å²) in [5.41, 5.74) is 1.48. The van der Waals surface area contributed by atoms with Crippen LogP contribution in [0.3, 0.4) is 0 Å². The third-order valence-electron chi connectivity index (χ3n) is 3.59. The van der Waals surface area contributed by atoms with Crippen LogP contribution in [0.5, 0.6) is 23.0 Å². The van der Waals surface area contributed by atoms with Gasteiger partial charge in [0.15, 0.2) is 17.3 Å². The highest BCUT2D eigenvalue weighted by molar-refractivity contribution is 6.11. The van der Waals surface area contributed by atoms with Gasteiger partial charge in [-0.25, -0.2) is 0 Å². The zero-order valence-electron chi connectivity index (χ0n) is 13.1. The average molecular weight is 320 g/mol. The maximum Gasteiger partial charge on any atom is 0.197 e. The van der Waals surface area contributed by atoms with E-state index in [1.54, 1.807) is 42.5 Å². The van der Waals surface area contributed by atoms with E-state index < -0.39 is 5.78 Å². The first-order valence-corrected chi connectivity index (χ1v) is 7.45. The van der Waals surface area contributed by atoms with E-state index in [2.05, 4.69) is 0 Å². The van der Waals surface area contributed by atoms with Gasteiger partial charge in [0, 0.05) is 11.6 Å². The van der Waals surface area contributed by atoms with Crippen molar-refractivity contribution in [1.29, 1.82) is 0 Å². The van der Waals surface area contributed by atoms with Gasteiger partial charge < -0.3 is 14.9 Å². The molecule has 0 atom stereocenters. The van der Waals surface area contributed by atoms with Crippen LogP contribution in [0.15, 0.2) is 66.7 Å². The molecule has 3 aromatic rings. The Hall–Kier alpha value is -3.27. The molecule has 0 radical (unpaired) electrons. The van der Waals surface area contributed by atoms with Crippen LogP contribution in [0.1, 0.15) is 21.5 Å². The third-order valence-corrected chi connectivity index (χ3v) is 3.59. The summed E-state index contributed by atoms with van der Waals surface area (Å²) in [5, 5.41) is 20.3. The van der Waals surface area contributed by atoms with Crippen LogP contribution in [0, 0.1) is 6.92 Å². The molecule has 4 nitrogen and oxygen atoms in total. The van der Waals surface area contributed by atoms with Gasteiger partial charge in [-0.05, 0) is 25.1 Å². The SMILES string of the molecule is Cc1ccc(Oc2cc(O)cc(C(=O)c3ccccc3)c2O)cc1. The first-order valence-electron chi connectivity index (χ1n) is 7.45. The Kier molecular flexibility index (Phi) is 4.20. The molecule has 4 heteroatoms. The minimum Gasteiger partial charge on any atom is -0.508 e. The van der Waals surface area contributed by atoms with Gasteiger partial charge in [0.1, 0.15) is 11.5 Å². The molecule has 0 aliphatic heterocycles. The molecule has 0 amide bonds. The van der Waals surface area contributed by atoms with Gasteiger partial charge in [-0.15, -0.1) is 0 Å². The van der Waals surface area contributed by atoms with Crippen molar-refractivity contribution in [2.24, 2.45) is 0 Å². The summed E-state index contributed by atoms with van der Waals surface area (Å²) in [6.07, 6.45) is 0. The molecule has 0 aliphatic rings. The van der Waals surface area contributed by atoms with E-state index >= 15 is 0 Å². The van der Waals surface area contributed by atoms with Crippen LogP contribution in [0.2, 0.25) is 0 Å². The lowest BCUT2D eigenvalue weighted by atomic mass is 10.0. The van der Waals surface area contributed by atoms with Crippen LogP contribution in [-0.2, 0) is 0 Å². The summed E-state index contributed by atoms with van der Waals surface area (Å²) >= 11 is 0. The molecular formula is C20H16O4. The number of ether oxygens (including phenoxy) is 1. The maximum atomic E-state index is 12.5. The molecule has 0 heterocycles. The smallest absolute Gasteiger partial charge is 0.197 e. The average Bonchev–Trinajstić information content (AvgIpc) is 2.60. The number of aromatic hydroxyl groups is 2. The highest BCUT2D eigenvalue weighted by Gasteiger charge is 2.19. The molecule has 0 aliphatic carbocycles. The van der Waals surface area contributed by atoms with Crippen molar-refractivity contribution >= 4 is 5.78 Å². The second-order valence-corrected chi connectivity index (χ2v) is 5.45. The molecule has 24 heavy (non-hydrogen) atoms. The largest absolute Gasteiger partial charge is 0.508 e. The molecule has 3 rings (SSSR count). The van der Waals surface area contributed by atoms with E-state index in [-0.39, 0.29) is 22.8 Å². The lowest BCUT2D eigenvalue weighted by Gasteiger charge is -2.12. The number of carbonyl (C=O) groups excluding carboxylic acids is 1. The normalized spacial score (nSPS) is 10.4. The number of rotatable bonds is 4. The van der Waals surface area contributed by atoms with Crippen molar-refractivity contribution in [2.75, 3.05) is 0 Å². The monoisotopic (exact) mass is 320 g/mol. The van der Waals surface area contributed by atoms with Crippen molar-refractivity contribution in [2.45, 2.75) is 6.92 Å². The molecule has 0 saturated heterocycles. The van der Waals surface area contributed by atoms with Crippen molar-refractivity contribution in [3.05, 3.63) is 83.4 Å². The van der Waals surface area contributed by atoms with Crippen molar-refractivity contribution in [3.63, 3.8) is 0 Å². The number of benzene rings is 3. The van der Waals surface area contributed by atoms with Gasteiger partial charge >= 0.3 is 0 Å². The van der Waals surface area contributed by atoms with Crippen molar-refractivity contribution in [1.82, 2.24) is 0 Å². The quantitative estimate of drug-likeness (QED) is 0.551. The minimum atomic E-state index is -0.391. The highest BCUT2D eigenvalue weighted by atomic mass is 16.5. The van der Waals surface area contributed by atoms with E-state index in [1.807, 2.05) is 19.1 Å². The third kappa shape index (κ3) is 3.22. The van der Waals surface area contributed by atoms with Gasteiger partial charge in [-0.2, -0.15) is 0 Å². The van der Waals surface area contributed by atoms with E-state index in [9.17, 15) is 15.0 Å². The summed E-state index contributed by atoms with van der Waals surface area (Å²) in [6, 6.07) is 18.3. The van der Waals surface area contributed by atoms with E-state index in [1.165, 1.54) is 12.1 Å². The van der Waals surface area contributed by atoms with Crippen LogP contribution >= 0.6 is 0 Å². The van der Waals surface area contributed by atoms with Crippen molar-refractivity contribution in [3.8, 4) is 23.0 Å². The molecule has 0 unspecified atom stereocenters. The summed E-state index contributed by atoms with van der Waals surface area (Å²) < 4.78 is 5.61. The Labute approximate surface area is 139 Å². The number of phenolic OH excluding ortho intramolecular Hbond substituents is 2. The Balaban J connectivity index is 1.99. The predicted octanol–water partition coefficient (Wildman–Crippen LogP) is 4.43. The van der Waals surface area contributed by atoms with Crippen molar-refractivity contribution < 1.29 is 19.7 Å². The standard InChI is InChI=1S/C20H16O4/c1-13-7-9-16(10-8-13)24-18-12-15(21)11-17(20(18)23)19(22)14-5-3-2-4-6-14/h2-12,21,23H,1H3. The van der Waals surface area contributed by atoms with Gasteiger partial charge in [0.2, 0.25) is 0 Å². The second kappa shape index (κ2) is 6.46. The molecule has 2 N–H and O–H groups in total. The first-order chi connectivity index (χ1) is 11.5. The Bertz CT molecular complexity index is 868. The fourth-order valence-electron chi connectivity index (χ4n) is 2.32. The minimum absolute atomic E-state index is 0.0108. The second-order valence-electron chi connectivity index (χ2n) is 5.45. The maximum absolute atomic E-state index is 12.5. The predicted molar refractivity (Wildman–Crippen MR) is 90.9 cm³/mol. The molecular weight excluding hydrogens is 304 g/mol. The van der Waals surface area contributed by atoms with E-state index in [0.717, 1.165) is 5.56 Å². The number of carbonyl (C=O) groups is 1. The first kappa shape index (κ1) is 15.6. The molecule has 0 bridgehead atoms. The lowest BCUT2D eigenvalue weighted by molar-refractivity contribution is 0.103. The summed E-state index contributed by atoms with van der Waals surface area (Å²) in [6.45, 7) is 1.95. The lowest BCUT2D eigenvalue weighted by Crippen LogP contribution is -2.02. The van der Waals surface area contributed by atoms with Crippen LogP contribution in [0.25, 0.3) is 0 Å². The molecule has 0 fully saturated rings. The summed E-state index contributed by atoms with van der Waals surface area (Å²) in [7, 11) is 0. The van der Waals surface area contributed by atoms with E-state index in [0.29, 0.717) is 11.3 Å². The number of ketones is 1. The summed E-state index contributed by atoms with van der Waals surface area (Å²) in [4.78, 5) is 12.5. The fourth-order valence-corrected chi connectivity index (χ4v) is 2.32. The Morgan fingerprint density at radius 2 is 1.58 bits per heavy atom. The molecule has 0 aromatic heterocycles. The van der Waals surface area contributed by atoms with Gasteiger partial charge in [0.05, 0.1) is 5.56 Å². The summed E-state index contributed by atoms with van der Waals surface area (Å²) in [5.74, 6) is -0.327. The molecule has 3 aromatic carbocycles. The molecule has 0 spiro atoms. The zero-order chi connectivity index (χ0) is 17.1. The number of hydrogen-bond donors (Lipinski definition) is 2. The van der Waals surface area contributed by atoms with Gasteiger partial charge in [-0.1, -0.05) is 48.0 Å². The van der Waals surface area contributed by atoms with Crippen LogP contribution in [-0.4, -0.2) is 16.0 Å². The van der Waals surface area contributed by atoms with Gasteiger partial charge in [0.25, 0.3) is 0 Å². The fraction of sp³-hybridized carbons (Fsp3) is 0.0500. The molecule has 0 saturated carbocycles.